The van der Waals surface area contributed by atoms with Crippen molar-refractivity contribution in [1.82, 2.24) is 0 Å². The summed E-state index contributed by atoms with van der Waals surface area (Å²) in [5, 5.41) is 0. The van der Waals surface area contributed by atoms with Gasteiger partial charge in [-0.1, -0.05) is 36.4 Å². The minimum atomic E-state index is -0.181. The van der Waals surface area contributed by atoms with Crippen molar-refractivity contribution >= 4 is 0 Å². The Morgan fingerprint density at radius 1 is 1.05 bits per heavy atom. The van der Waals surface area contributed by atoms with Gasteiger partial charge in [0.25, 0.3) is 0 Å². The van der Waals surface area contributed by atoms with Gasteiger partial charge in [-0.15, -0.1) is 0 Å². The first-order chi connectivity index (χ1) is 9.22. The topological polar surface area (TPSA) is 26.0 Å². The molecule has 19 heavy (non-hydrogen) atoms. The Kier molecular flexibility index (Phi) is 3.34. The van der Waals surface area contributed by atoms with Gasteiger partial charge in [0.1, 0.15) is 5.82 Å². The Balaban J connectivity index is 1.68. The lowest BCUT2D eigenvalue weighted by Crippen LogP contribution is -2.32. The van der Waals surface area contributed by atoms with Crippen LogP contribution in [0.25, 0.3) is 0 Å². The molecule has 2 heteroatoms. The minimum Gasteiger partial charge on any atom is -0.327 e. The Morgan fingerprint density at radius 3 is 2.37 bits per heavy atom. The Morgan fingerprint density at radius 2 is 1.74 bits per heavy atom. The second kappa shape index (κ2) is 5.14. The van der Waals surface area contributed by atoms with Gasteiger partial charge < -0.3 is 5.73 Å². The number of rotatable bonds is 3. The summed E-state index contributed by atoms with van der Waals surface area (Å²) in [6, 6.07) is 15.4. The lowest BCUT2D eigenvalue weighted by Gasteiger charge is -2.18. The van der Waals surface area contributed by atoms with Crippen LogP contribution in [0.2, 0.25) is 0 Å². The van der Waals surface area contributed by atoms with Crippen LogP contribution < -0.4 is 5.73 Å². The van der Waals surface area contributed by atoms with Gasteiger partial charge in [-0.2, -0.15) is 0 Å². The summed E-state index contributed by atoms with van der Waals surface area (Å²) in [7, 11) is 0. The molecule has 0 spiro atoms. The zero-order valence-electron chi connectivity index (χ0n) is 10.9. The van der Waals surface area contributed by atoms with Crippen molar-refractivity contribution in [1.29, 1.82) is 0 Å². The van der Waals surface area contributed by atoms with Crippen LogP contribution >= 0.6 is 0 Å². The quantitative estimate of drug-likeness (QED) is 0.896. The van der Waals surface area contributed by atoms with Gasteiger partial charge in [-0.3, -0.25) is 0 Å². The average molecular weight is 255 g/mol. The Labute approximate surface area is 113 Å². The number of fused-ring (bicyclic) bond motifs is 1. The van der Waals surface area contributed by atoms with Crippen molar-refractivity contribution in [3.63, 3.8) is 0 Å². The van der Waals surface area contributed by atoms with Crippen LogP contribution in [0.4, 0.5) is 4.39 Å². The number of halogens is 1. The van der Waals surface area contributed by atoms with Crippen LogP contribution in [-0.2, 0) is 19.3 Å². The lowest BCUT2D eigenvalue weighted by molar-refractivity contribution is 0.436. The smallest absolute Gasteiger partial charge is 0.123 e. The predicted molar refractivity (Wildman–Crippen MR) is 75.4 cm³/mol. The molecule has 0 aromatic heterocycles. The van der Waals surface area contributed by atoms with Gasteiger partial charge >= 0.3 is 0 Å². The molecule has 0 amide bonds. The van der Waals surface area contributed by atoms with Crippen molar-refractivity contribution in [2.45, 2.75) is 25.3 Å². The lowest BCUT2D eigenvalue weighted by atomic mass is 9.92. The molecule has 0 radical (unpaired) electrons. The van der Waals surface area contributed by atoms with Crippen LogP contribution in [0, 0.1) is 11.7 Å². The third-order valence-electron chi connectivity index (χ3n) is 4.05. The van der Waals surface area contributed by atoms with E-state index in [2.05, 4.69) is 24.3 Å². The molecule has 1 aliphatic carbocycles. The van der Waals surface area contributed by atoms with Gasteiger partial charge in [0.15, 0.2) is 0 Å². The maximum absolute atomic E-state index is 13.2. The van der Waals surface area contributed by atoms with E-state index in [1.807, 2.05) is 6.07 Å². The van der Waals surface area contributed by atoms with E-state index < -0.39 is 0 Å². The summed E-state index contributed by atoms with van der Waals surface area (Å²) in [4.78, 5) is 0. The van der Waals surface area contributed by atoms with Crippen LogP contribution in [0.3, 0.4) is 0 Å². The largest absolute Gasteiger partial charge is 0.327 e. The average Bonchev–Trinajstić information content (AvgIpc) is 2.82. The molecule has 0 heterocycles. The molecule has 1 nitrogen and oxygen atoms in total. The van der Waals surface area contributed by atoms with Crippen molar-refractivity contribution in [3.8, 4) is 0 Å². The van der Waals surface area contributed by atoms with Crippen LogP contribution in [0.15, 0.2) is 48.5 Å². The van der Waals surface area contributed by atoms with E-state index in [0.29, 0.717) is 5.92 Å². The number of benzene rings is 2. The summed E-state index contributed by atoms with van der Waals surface area (Å²) in [5.74, 6) is 0.292. The maximum atomic E-state index is 13.2. The first kappa shape index (κ1) is 12.4. The molecule has 0 bridgehead atoms. The highest BCUT2D eigenvalue weighted by Gasteiger charge is 2.26. The van der Waals surface area contributed by atoms with Gasteiger partial charge in [0, 0.05) is 6.04 Å². The monoisotopic (exact) mass is 255 g/mol. The zero-order chi connectivity index (χ0) is 13.2. The number of hydrogen-bond acceptors (Lipinski definition) is 1. The van der Waals surface area contributed by atoms with Crippen molar-refractivity contribution in [2.75, 3.05) is 0 Å². The predicted octanol–water partition coefficient (Wildman–Crippen LogP) is 3.11. The fourth-order valence-electron chi connectivity index (χ4n) is 3.00. The molecule has 2 N–H and O–H groups in total. The van der Waals surface area contributed by atoms with Crippen molar-refractivity contribution in [2.24, 2.45) is 11.7 Å². The van der Waals surface area contributed by atoms with E-state index in [9.17, 15) is 4.39 Å². The standard InChI is InChI=1S/C17H18FN/c18-16-7-3-4-12(8-16)9-17(19)15-10-13-5-1-2-6-14(13)11-15/h1-8,15,17H,9-11,19H2. The molecule has 0 saturated heterocycles. The molecular weight excluding hydrogens is 237 g/mol. The first-order valence-electron chi connectivity index (χ1n) is 6.79. The number of hydrogen-bond donors (Lipinski definition) is 1. The Bertz CT molecular complexity index is 554. The third-order valence-corrected chi connectivity index (χ3v) is 4.05. The Hall–Kier alpha value is -1.67. The van der Waals surface area contributed by atoms with Crippen molar-refractivity contribution < 1.29 is 4.39 Å². The fourth-order valence-corrected chi connectivity index (χ4v) is 3.00. The highest BCUT2D eigenvalue weighted by Crippen LogP contribution is 2.29. The first-order valence-corrected chi connectivity index (χ1v) is 6.79. The molecule has 0 fully saturated rings. The third kappa shape index (κ3) is 2.69. The molecule has 3 rings (SSSR count). The van der Waals surface area contributed by atoms with E-state index in [0.717, 1.165) is 24.8 Å². The second-order valence-electron chi connectivity index (χ2n) is 5.43. The molecule has 1 aliphatic rings. The van der Waals surface area contributed by atoms with Gasteiger partial charge in [-0.25, -0.2) is 4.39 Å². The molecule has 0 aliphatic heterocycles. The summed E-state index contributed by atoms with van der Waals surface area (Å²) >= 11 is 0. The van der Waals surface area contributed by atoms with Crippen LogP contribution in [0.5, 0.6) is 0 Å². The second-order valence-corrected chi connectivity index (χ2v) is 5.43. The maximum Gasteiger partial charge on any atom is 0.123 e. The molecule has 0 saturated carbocycles. The van der Waals surface area contributed by atoms with Crippen LogP contribution in [-0.4, -0.2) is 6.04 Å². The van der Waals surface area contributed by atoms with E-state index in [1.165, 1.54) is 17.2 Å². The van der Waals surface area contributed by atoms with Gasteiger partial charge in [-0.05, 0) is 54.0 Å². The molecule has 1 unspecified atom stereocenters. The molecular formula is C17H18FN. The summed E-state index contributed by atoms with van der Waals surface area (Å²) in [5.41, 5.74) is 10.1. The molecule has 98 valence electrons. The van der Waals surface area contributed by atoms with E-state index in [1.54, 1.807) is 12.1 Å². The highest BCUT2D eigenvalue weighted by molar-refractivity contribution is 5.33. The normalized spacial score (nSPS) is 16.3. The van der Waals surface area contributed by atoms with E-state index in [-0.39, 0.29) is 11.9 Å². The minimum absolute atomic E-state index is 0.0919. The number of nitrogens with two attached hydrogens (primary N) is 1. The zero-order valence-corrected chi connectivity index (χ0v) is 10.9. The summed E-state index contributed by atoms with van der Waals surface area (Å²) in [6.07, 6.45) is 2.84. The fraction of sp³-hybridized carbons (Fsp3) is 0.294. The van der Waals surface area contributed by atoms with Crippen molar-refractivity contribution in [3.05, 3.63) is 71.0 Å². The summed E-state index contributed by atoms with van der Waals surface area (Å²) < 4.78 is 13.2. The van der Waals surface area contributed by atoms with Gasteiger partial charge in [0.05, 0.1) is 0 Å². The van der Waals surface area contributed by atoms with Crippen LogP contribution in [0.1, 0.15) is 16.7 Å². The summed E-state index contributed by atoms with van der Waals surface area (Å²) in [6.45, 7) is 0. The van der Waals surface area contributed by atoms with E-state index in [4.69, 9.17) is 5.73 Å². The molecule has 2 aromatic rings. The van der Waals surface area contributed by atoms with E-state index >= 15 is 0 Å². The highest BCUT2D eigenvalue weighted by atomic mass is 19.1. The molecule has 1 atom stereocenters. The molecule has 2 aromatic carbocycles. The SMILES string of the molecule is NC(Cc1cccc(F)c1)C1Cc2ccccc2C1. The van der Waals surface area contributed by atoms with Gasteiger partial charge in [0.2, 0.25) is 0 Å².